The van der Waals surface area contributed by atoms with E-state index >= 15 is 0 Å². The van der Waals surface area contributed by atoms with E-state index in [1.807, 2.05) is 30.7 Å². The zero-order valence-corrected chi connectivity index (χ0v) is 24.7. The maximum atomic E-state index is 5.85. The Hall–Kier alpha value is -4.64. The monoisotopic (exact) mass is 541 g/mol. The molecular formula is C36H39N5. The fraction of sp³-hybridized carbons (Fsp3) is 0.222. The molecule has 6 rings (SSSR count). The topological polar surface area (TPSA) is 61.7 Å². The molecule has 0 radical (unpaired) electrons. The van der Waals surface area contributed by atoms with E-state index in [9.17, 15) is 0 Å². The lowest BCUT2D eigenvalue weighted by atomic mass is 9.84. The van der Waals surface area contributed by atoms with Gasteiger partial charge in [0.1, 0.15) is 5.82 Å². The van der Waals surface area contributed by atoms with Crippen molar-refractivity contribution in [2.45, 2.75) is 53.4 Å². The molecular weight excluding hydrogens is 502 g/mol. The van der Waals surface area contributed by atoms with Gasteiger partial charge in [0.25, 0.3) is 0 Å². The fourth-order valence-corrected chi connectivity index (χ4v) is 5.87. The Morgan fingerprint density at radius 2 is 1.76 bits per heavy atom. The van der Waals surface area contributed by atoms with Crippen LogP contribution in [-0.2, 0) is 0 Å². The average molecular weight is 542 g/mol. The molecule has 5 nitrogen and oxygen atoms in total. The molecule has 1 aliphatic carbocycles. The van der Waals surface area contributed by atoms with Crippen LogP contribution in [0.25, 0.3) is 39.8 Å². The van der Waals surface area contributed by atoms with Crippen LogP contribution in [0.5, 0.6) is 0 Å². The van der Waals surface area contributed by atoms with Gasteiger partial charge < -0.3 is 10.3 Å². The molecule has 1 aliphatic rings. The second kappa shape index (κ2) is 12.3. The quantitative estimate of drug-likeness (QED) is 0.242. The third-order valence-corrected chi connectivity index (χ3v) is 7.55. The van der Waals surface area contributed by atoms with Crippen LogP contribution in [0.15, 0.2) is 109 Å². The highest BCUT2D eigenvalue weighted by Crippen LogP contribution is 2.39. The number of fused-ring (bicyclic) bond motifs is 1. The molecule has 2 aromatic carbocycles. The van der Waals surface area contributed by atoms with E-state index in [0.29, 0.717) is 5.92 Å². The summed E-state index contributed by atoms with van der Waals surface area (Å²) in [6.07, 6.45) is 15.9. The van der Waals surface area contributed by atoms with E-state index in [4.69, 9.17) is 5.73 Å². The van der Waals surface area contributed by atoms with Crippen molar-refractivity contribution in [3.05, 3.63) is 126 Å². The molecule has 0 fully saturated rings. The molecule has 5 aromatic rings. The summed E-state index contributed by atoms with van der Waals surface area (Å²) in [5.74, 6) is 1.26. The van der Waals surface area contributed by atoms with Gasteiger partial charge in [0.15, 0.2) is 0 Å². The van der Waals surface area contributed by atoms with Crippen LogP contribution in [0.2, 0.25) is 0 Å². The first kappa shape index (κ1) is 27.9. The molecule has 0 spiro atoms. The summed E-state index contributed by atoms with van der Waals surface area (Å²) in [5.41, 5.74) is 16.6. The molecule has 3 heterocycles. The van der Waals surface area contributed by atoms with Gasteiger partial charge >= 0.3 is 0 Å². The van der Waals surface area contributed by atoms with Crippen LogP contribution in [0.1, 0.15) is 63.3 Å². The number of aromatic nitrogens is 4. The van der Waals surface area contributed by atoms with Crippen LogP contribution in [0.4, 0.5) is 0 Å². The summed E-state index contributed by atoms with van der Waals surface area (Å²) >= 11 is 0. The van der Waals surface area contributed by atoms with E-state index < -0.39 is 0 Å². The molecule has 0 aliphatic heterocycles. The zero-order valence-electron chi connectivity index (χ0n) is 24.7. The highest BCUT2D eigenvalue weighted by molar-refractivity contribution is 5.89. The minimum absolute atomic E-state index is 0.292. The third kappa shape index (κ3) is 5.40. The molecule has 0 saturated heterocycles. The largest absolute Gasteiger partial charge is 0.405 e. The number of rotatable bonds is 5. The lowest BCUT2D eigenvalue weighted by Gasteiger charge is -2.26. The van der Waals surface area contributed by atoms with Gasteiger partial charge in [0.05, 0.1) is 11.2 Å². The predicted molar refractivity (Wildman–Crippen MR) is 173 cm³/mol. The molecule has 2 N–H and O–H groups in total. The van der Waals surface area contributed by atoms with Crippen molar-refractivity contribution in [1.29, 1.82) is 0 Å². The van der Waals surface area contributed by atoms with E-state index in [2.05, 4.69) is 121 Å². The Kier molecular flexibility index (Phi) is 8.34. The first-order chi connectivity index (χ1) is 20.0. The second-order valence-electron chi connectivity index (χ2n) is 10.7. The summed E-state index contributed by atoms with van der Waals surface area (Å²) in [6, 6.07) is 21.3. The average Bonchev–Trinajstić information content (AvgIpc) is 3.57. The molecule has 0 bridgehead atoms. The van der Waals surface area contributed by atoms with Crippen molar-refractivity contribution in [2.24, 2.45) is 5.73 Å². The van der Waals surface area contributed by atoms with Crippen LogP contribution in [-0.4, -0.2) is 19.1 Å². The Bertz CT molecular complexity index is 1750. The van der Waals surface area contributed by atoms with Crippen LogP contribution < -0.4 is 5.73 Å². The normalized spacial score (nSPS) is 15.2. The molecule has 3 aromatic heterocycles. The van der Waals surface area contributed by atoms with Gasteiger partial charge in [0, 0.05) is 53.0 Å². The van der Waals surface area contributed by atoms with Gasteiger partial charge in [-0.2, -0.15) is 0 Å². The highest BCUT2D eigenvalue weighted by Gasteiger charge is 2.23. The zero-order chi connectivity index (χ0) is 28.9. The highest BCUT2D eigenvalue weighted by atomic mass is 15.1. The van der Waals surface area contributed by atoms with Crippen molar-refractivity contribution >= 4 is 22.7 Å². The van der Waals surface area contributed by atoms with E-state index in [1.165, 1.54) is 34.4 Å². The third-order valence-electron chi connectivity index (χ3n) is 7.55. The minimum Gasteiger partial charge on any atom is -0.405 e. The van der Waals surface area contributed by atoms with Gasteiger partial charge in [-0.05, 0) is 79.9 Å². The Labute approximate surface area is 243 Å². The van der Waals surface area contributed by atoms with Crippen molar-refractivity contribution < 1.29 is 0 Å². The standard InChI is InChI=1S/C33H31N5.C3H8/c1-22-18-27(19-23(2)32(22)37-17-16-36-33(37)25-8-5-4-6-9-25)26-10-7-11-28(20-26)38-30(12-14-34)24(3)29-21-35-15-13-31(29)38;1-3-2/h4-18,20-21,27H,19,34H2,1-3H3;3H2,1-2H3/b14-12-;. The Balaban J connectivity index is 0.00000108. The smallest absolute Gasteiger partial charge is 0.144 e. The van der Waals surface area contributed by atoms with Crippen LogP contribution in [0.3, 0.4) is 0 Å². The summed E-state index contributed by atoms with van der Waals surface area (Å²) in [4.78, 5) is 9.04. The van der Waals surface area contributed by atoms with Gasteiger partial charge in [0.2, 0.25) is 0 Å². The fourth-order valence-electron chi connectivity index (χ4n) is 5.87. The van der Waals surface area contributed by atoms with Crippen LogP contribution >= 0.6 is 0 Å². The maximum absolute atomic E-state index is 5.85. The van der Waals surface area contributed by atoms with Gasteiger partial charge in [-0.3, -0.25) is 9.55 Å². The summed E-state index contributed by atoms with van der Waals surface area (Å²) in [7, 11) is 0. The Morgan fingerprint density at radius 1 is 0.976 bits per heavy atom. The van der Waals surface area contributed by atoms with Crippen molar-refractivity contribution in [1.82, 2.24) is 19.1 Å². The number of pyridine rings is 1. The van der Waals surface area contributed by atoms with Gasteiger partial charge in [-0.25, -0.2) is 4.98 Å². The van der Waals surface area contributed by atoms with E-state index in [1.54, 1.807) is 6.20 Å². The number of allylic oxidation sites excluding steroid dienone is 4. The number of hydrogen-bond acceptors (Lipinski definition) is 3. The SMILES string of the molecule is CC1=CC(c2cccc(-n3c(/C=C\N)c(C)c4cnccc43)c2)CC(C)=C1n1ccnc1-c1ccccc1.CCC. The number of imidazole rings is 1. The first-order valence-electron chi connectivity index (χ1n) is 14.4. The van der Waals surface area contributed by atoms with Crippen molar-refractivity contribution in [2.75, 3.05) is 0 Å². The van der Waals surface area contributed by atoms with Gasteiger partial charge in [-0.1, -0.05) is 68.8 Å². The lowest BCUT2D eigenvalue weighted by molar-refractivity contribution is 0.794. The first-order valence-corrected chi connectivity index (χ1v) is 14.4. The number of benzene rings is 2. The molecule has 0 amide bonds. The molecule has 5 heteroatoms. The number of hydrogen-bond donors (Lipinski definition) is 1. The summed E-state index contributed by atoms with van der Waals surface area (Å²) < 4.78 is 4.52. The maximum Gasteiger partial charge on any atom is 0.144 e. The molecule has 208 valence electrons. The summed E-state index contributed by atoms with van der Waals surface area (Å²) in [6.45, 7) is 10.8. The lowest BCUT2D eigenvalue weighted by Crippen LogP contribution is -2.11. The van der Waals surface area contributed by atoms with Gasteiger partial charge in [-0.15, -0.1) is 0 Å². The second-order valence-corrected chi connectivity index (χ2v) is 10.7. The predicted octanol–water partition coefficient (Wildman–Crippen LogP) is 8.91. The number of nitrogens with two attached hydrogens (primary N) is 1. The number of aryl methyl sites for hydroxylation is 1. The summed E-state index contributed by atoms with van der Waals surface area (Å²) in [5, 5.41) is 1.14. The minimum atomic E-state index is 0.292. The molecule has 1 atom stereocenters. The molecule has 0 saturated carbocycles. The van der Waals surface area contributed by atoms with Crippen LogP contribution in [0, 0.1) is 6.92 Å². The van der Waals surface area contributed by atoms with Crippen molar-refractivity contribution in [3.8, 4) is 17.1 Å². The molecule has 41 heavy (non-hydrogen) atoms. The number of nitrogens with zero attached hydrogens (tertiary/aromatic N) is 4. The Morgan fingerprint density at radius 3 is 2.49 bits per heavy atom. The van der Waals surface area contributed by atoms with Crippen molar-refractivity contribution in [3.63, 3.8) is 0 Å². The van der Waals surface area contributed by atoms with E-state index in [-0.39, 0.29) is 0 Å². The molecule has 1 unspecified atom stereocenters. The van der Waals surface area contributed by atoms with E-state index in [0.717, 1.165) is 40.1 Å².